The molecule has 1 heterocycles. The van der Waals surface area contributed by atoms with Crippen LogP contribution >= 0.6 is 23.2 Å². The molecule has 0 radical (unpaired) electrons. The standard InChI is InChI=1S/C19H20Cl2N2O/c20-17-9-16(10-18(21)11-17)19(24)22-12-14-3-5-15(6-4-14)13-23-7-1-2-8-23/h3-6,9-11H,1-2,7-8,12-13H2,(H,22,24). The first-order chi connectivity index (χ1) is 11.6. The van der Waals surface area contributed by atoms with E-state index in [-0.39, 0.29) is 5.91 Å². The van der Waals surface area contributed by atoms with Gasteiger partial charge in [-0.05, 0) is 55.3 Å². The van der Waals surface area contributed by atoms with Crippen molar-refractivity contribution in [3.63, 3.8) is 0 Å². The van der Waals surface area contributed by atoms with Gasteiger partial charge in [-0.2, -0.15) is 0 Å². The van der Waals surface area contributed by atoms with Crippen LogP contribution in [0.15, 0.2) is 42.5 Å². The van der Waals surface area contributed by atoms with E-state index in [4.69, 9.17) is 23.2 Å². The van der Waals surface area contributed by atoms with Crippen LogP contribution in [-0.2, 0) is 13.1 Å². The van der Waals surface area contributed by atoms with Crippen molar-refractivity contribution in [2.45, 2.75) is 25.9 Å². The Bertz CT molecular complexity index is 690. The number of benzene rings is 2. The molecular weight excluding hydrogens is 343 g/mol. The lowest BCUT2D eigenvalue weighted by molar-refractivity contribution is 0.0951. The van der Waals surface area contributed by atoms with E-state index in [9.17, 15) is 4.79 Å². The summed E-state index contributed by atoms with van der Waals surface area (Å²) in [5.41, 5.74) is 2.86. The summed E-state index contributed by atoms with van der Waals surface area (Å²) in [7, 11) is 0. The molecule has 2 aromatic carbocycles. The number of carbonyl (C=O) groups excluding carboxylic acids is 1. The van der Waals surface area contributed by atoms with E-state index in [2.05, 4.69) is 34.5 Å². The lowest BCUT2D eigenvalue weighted by Crippen LogP contribution is -2.23. The minimum atomic E-state index is -0.180. The third-order valence-electron chi connectivity index (χ3n) is 4.21. The number of likely N-dealkylation sites (tertiary alicyclic amines) is 1. The van der Waals surface area contributed by atoms with Crippen LogP contribution in [-0.4, -0.2) is 23.9 Å². The van der Waals surface area contributed by atoms with E-state index >= 15 is 0 Å². The van der Waals surface area contributed by atoms with E-state index in [1.165, 1.54) is 31.5 Å². The van der Waals surface area contributed by atoms with Crippen molar-refractivity contribution in [1.29, 1.82) is 0 Å². The Hall–Kier alpha value is -1.55. The predicted octanol–water partition coefficient (Wildman–Crippen LogP) is 4.52. The highest BCUT2D eigenvalue weighted by molar-refractivity contribution is 6.35. The minimum Gasteiger partial charge on any atom is -0.348 e. The number of hydrogen-bond acceptors (Lipinski definition) is 2. The van der Waals surface area contributed by atoms with Crippen molar-refractivity contribution in [2.75, 3.05) is 13.1 Å². The largest absolute Gasteiger partial charge is 0.348 e. The van der Waals surface area contributed by atoms with Crippen LogP contribution in [0.3, 0.4) is 0 Å². The first kappa shape index (κ1) is 17.3. The average molecular weight is 363 g/mol. The zero-order chi connectivity index (χ0) is 16.9. The SMILES string of the molecule is O=C(NCc1ccc(CN2CCCC2)cc1)c1cc(Cl)cc(Cl)c1. The molecule has 0 bridgehead atoms. The highest BCUT2D eigenvalue weighted by atomic mass is 35.5. The second kappa shape index (κ2) is 8.02. The predicted molar refractivity (Wildman–Crippen MR) is 98.6 cm³/mol. The number of nitrogens with zero attached hydrogens (tertiary/aromatic N) is 1. The minimum absolute atomic E-state index is 0.180. The lowest BCUT2D eigenvalue weighted by Gasteiger charge is -2.14. The van der Waals surface area contributed by atoms with Crippen LogP contribution in [0, 0.1) is 0 Å². The molecule has 1 fully saturated rings. The van der Waals surface area contributed by atoms with E-state index in [1.807, 2.05) is 0 Å². The molecule has 1 saturated heterocycles. The number of amides is 1. The topological polar surface area (TPSA) is 32.3 Å². The van der Waals surface area contributed by atoms with Gasteiger partial charge >= 0.3 is 0 Å². The molecule has 3 nitrogen and oxygen atoms in total. The summed E-state index contributed by atoms with van der Waals surface area (Å²) in [5, 5.41) is 3.81. The maximum absolute atomic E-state index is 12.2. The summed E-state index contributed by atoms with van der Waals surface area (Å²) < 4.78 is 0. The van der Waals surface area contributed by atoms with Gasteiger partial charge in [-0.15, -0.1) is 0 Å². The Balaban J connectivity index is 1.55. The first-order valence-electron chi connectivity index (χ1n) is 8.14. The molecule has 24 heavy (non-hydrogen) atoms. The summed E-state index contributed by atoms with van der Waals surface area (Å²) in [6.07, 6.45) is 2.61. The monoisotopic (exact) mass is 362 g/mol. The normalized spacial score (nSPS) is 14.8. The van der Waals surface area contributed by atoms with Crippen LogP contribution in [0.1, 0.15) is 34.3 Å². The van der Waals surface area contributed by atoms with Gasteiger partial charge in [0.1, 0.15) is 0 Å². The Morgan fingerprint density at radius 1 is 0.958 bits per heavy atom. The van der Waals surface area contributed by atoms with Gasteiger partial charge in [0.2, 0.25) is 0 Å². The van der Waals surface area contributed by atoms with E-state index in [0.717, 1.165) is 12.1 Å². The van der Waals surface area contributed by atoms with Crippen molar-refractivity contribution >= 4 is 29.1 Å². The lowest BCUT2D eigenvalue weighted by atomic mass is 10.1. The summed E-state index contributed by atoms with van der Waals surface area (Å²) in [5.74, 6) is -0.180. The van der Waals surface area contributed by atoms with Gasteiger partial charge in [0.15, 0.2) is 0 Å². The molecule has 0 aliphatic carbocycles. The second-order valence-corrected chi connectivity index (χ2v) is 7.01. The van der Waals surface area contributed by atoms with Gasteiger partial charge in [0.25, 0.3) is 5.91 Å². The van der Waals surface area contributed by atoms with Gasteiger partial charge in [-0.1, -0.05) is 47.5 Å². The molecule has 0 spiro atoms. The van der Waals surface area contributed by atoms with E-state index in [1.54, 1.807) is 18.2 Å². The van der Waals surface area contributed by atoms with Crippen molar-refractivity contribution in [2.24, 2.45) is 0 Å². The molecule has 1 aliphatic rings. The van der Waals surface area contributed by atoms with Crippen molar-refractivity contribution < 1.29 is 4.79 Å². The highest BCUT2D eigenvalue weighted by Crippen LogP contribution is 2.19. The van der Waals surface area contributed by atoms with Gasteiger partial charge in [-0.3, -0.25) is 9.69 Å². The molecule has 2 aromatic rings. The van der Waals surface area contributed by atoms with Crippen LogP contribution in [0.2, 0.25) is 10.0 Å². The fraction of sp³-hybridized carbons (Fsp3) is 0.316. The summed E-state index contributed by atoms with van der Waals surface area (Å²) in [4.78, 5) is 14.7. The van der Waals surface area contributed by atoms with E-state index < -0.39 is 0 Å². The molecule has 1 amide bonds. The van der Waals surface area contributed by atoms with Crippen LogP contribution in [0.25, 0.3) is 0 Å². The Morgan fingerprint density at radius 3 is 2.17 bits per heavy atom. The fourth-order valence-corrected chi connectivity index (χ4v) is 3.46. The zero-order valence-electron chi connectivity index (χ0n) is 13.4. The highest BCUT2D eigenvalue weighted by Gasteiger charge is 2.11. The number of rotatable bonds is 5. The second-order valence-electron chi connectivity index (χ2n) is 6.14. The average Bonchev–Trinajstić information content (AvgIpc) is 3.06. The molecule has 0 unspecified atom stereocenters. The van der Waals surface area contributed by atoms with Crippen molar-refractivity contribution in [3.8, 4) is 0 Å². The third-order valence-corrected chi connectivity index (χ3v) is 4.64. The Morgan fingerprint density at radius 2 is 1.54 bits per heavy atom. The number of nitrogens with one attached hydrogen (secondary N) is 1. The summed E-state index contributed by atoms with van der Waals surface area (Å²) >= 11 is 11.9. The van der Waals surface area contributed by atoms with Crippen molar-refractivity contribution in [3.05, 3.63) is 69.2 Å². The number of halogens is 2. The maximum atomic E-state index is 12.2. The molecule has 3 rings (SSSR count). The number of carbonyl (C=O) groups is 1. The van der Waals surface area contributed by atoms with Gasteiger partial charge in [-0.25, -0.2) is 0 Å². The summed E-state index contributed by atoms with van der Waals surface area (Å²) in [6, 6.07) is 13.2. The van der Waals surface area contributed by atoms with Gasteiger partial charge in [0.05, 0.1) is 0 Å². The summed E-state index contributed by atoms with van der Waals surface area (Å²) in [6.45, 7) is 3.88. The first-order valence-corrected chi connectivity index (χ1v) is 8.90. The molecule has 1 N–H and O–H groups in total. The van der Waals surface area contributed by atoms with Gasteiger partial charge < -0.3 is 5.32 Å². The van der Waals surface area contributed by atoms with Crippen LogP contribution < -0.4 is 5.32 Å². The Kier molecular flexibility index (Phi) is 5.77. The molecule has 0 saturated carbocycles. The van der Waals surface area contributed by atoms with Crippen LogP contribution in [0.4, 0.5) is 0 Å². The smallest absolute Gasteiger partial charge is 0.251 e. The fourth-order valence-electron chi connectivity index (χ4n) is 2.93. The molecular formula is C19H20Cl2N2O. The molecule has 1 aliphatic heterocycles. The van der Waals surface area contributed by atoms with Gasteiger partial charge in [0, 0.05) is 28.7 Å². The zero-order valence-corrected chi connectivity index (χ0v) is 14.9. The molecule has 0 aromatic heterocycles. The van der Waals surface area contributed by atoms with E-state index in [0.29, 0.717) is 22.2 Å². The molecule has 126 valence electrons. The Labute approximate surface area is 152 Å². The number of hydrogen-bond donors (Lipinski definition) is 1. The molecule has 0 atom stereocenters. The van der Waals surface area contributed by atoms with Crippen LogP contribution in [0.5, 0.6) is 0 Å². The maximum Gasteiger partial charge on any atom is 0.251 e. The quantitative estimate of drug-likeness (QED) is 0.847. The van der Waals surface area contributed by atoms with Crippen molar-refractivity contribution in [1.82, 2.24) is 10.2 Å². The molecule has 5 heteroatoms. The third kappa shape index (κ3) is 4.73.